The molecule has 0 aliphatic rings. The highest BCUT2D eigenvalue weighted by molar-refractivity contribution is 7.99. The maximum absolute atomic E-state index is 13.2. The Hall–Kier alpha value is -3.03. The van der Waals surface area contributed by atoms with Crippen molar-refractivity contribution >= 4 is 40.3 Å². The minimum atomic E-state index is -4.73. The molecule has 3 aromatic heterocycles. The van der Waals surface area contributed by atoms with Crippen LogP contribution in [0.25, 0.3) is 11.2 Å². The number of imidazole rings is 1. The van der Waals surface area contributed by atoms with Gasteiger partial charge in [-0.25, -0.2) is 15.0 Å². The number of aromatic nitrogens is 4. The molecule has 3 rings (SSSR count). The van der Waals surface area contributed by atoms with Crippen molar-refractivity contribution in [3.05, 3.63) is 35.4 Å². The molecule has 3 aromatic rings. The molecule has 0 aliphatic heterocycles. The molecule has 172 valence electrons. The van der Waals surface area contributed by atoms with Gasteiger partial charge in [0.1, 0.15) is 11.5 Å². The number of thioether (sulfide) groups is 1. The fourth-order valence-electron chi connectivity index (χ4n) is 2.87. The maximum Gasteiger partial charge on any atom is 0.449 e. The van der Waals surface area contributed by atoms with Crippen molar-refractivity contribution < 1.29 is 31.1 Å². The standard InChI is InChI=1S/C18H16F6N6OS/c1-4-32-11-6-10-14(29-16(30(10)3)18(22,23)24)28-12(11)15(31)27-9-5-8(17(19,20)21)7-26-13(9)25-2/h5-7H,4H2,1-3H3,(H,25,26)(H,27,31). The van der Waals surface area contributed by atoms with Crippen molar-refractivity contribution in [2.45, 2.75) is 24.2 Å². The lowest BCUT2D eigenvalue weighted by molar-refractivity contribution is -0.146. The number of alkyl halides is 6. The molecule has 0 saturated carbocycles. The highest BCUT2D eigenvalue weighted by Gasteiger charge is 2.37. The molecule has 2 N–H and O–H groups in total. The highest BCUT2D eigenvalue weighted by atomic mass is 32.2. The van der Waals surface area contributed by atoms with Gasteiger partial charge < -0.3 is 15.2 Å². The fourth-order valence-corrected chi connectivity index (χ4v) is 3.65. The summed E-state index contributed by atoms with van der Waals surface area (Å²) in [4.78, 5) is 24.3. The van der Waals surface area contributed by atoms with E-state index < -0.39 is 29.6 Å². The number of hydrogen-bond acceptors (Lipinski definition) is 6. The van der Waals surface area contributed by atoms with Crippen LogP contribution in [0, 0.1) is 0 Å². The number of carbonyl (C=O) groups excluding carboxylic acids is 1. The van der Waals surface area contributed by atoms with Crippen LogP contribution < -0.4 is 10.6 Å². The lowest BCUT2D eigenvalue weighted by Crippen LogP contribution is -2.18. The van der Waals surface area contributed by atoms with E-state index in [2.05, 4.69) is 25.6 Å². The second-order valence-electron chi connectivity index (χ2n) is 6.43. The van der Waals surface area contributed by atoms with E-state index in [0.29, 0.717) is 18.0 Å². The van der Waals surface area contributed by atoms with Crippen LogP contribution in [0.4, 0.5) is 37.8 Å². The van der Waals surface area contributed by atoms with Crippen LogP contribution in [0.5, 0.6) is 0 Å². The zero-order chi connectivity index (χ0) is 23.8. The molecule has 14 heteroatoms. The zero-order valence-electron chi connectivity index (χ0n) is 16.8. The Morgan fingerprint density at radius 3 is 2.38 bits per heavy atom. The zero-order valence-corrected chi connectivity index (χ0v) is 17.6. The topological polar surface area (TPSA) is 84.7 Å². The molecule has 3 heterocycles. The summed E-state index contributed by atoms with van der Waals surface area (Å²) >= 11 is 1.14. The molecule has 0 aliphatic carbocycles. The van der Waals surface area contributed by atoms with Gasteiger partial charge in [-0.2, -0.15) is 26.3 Å². The number of carbonyl (C=O) groups is 1. The summed E-state index contributed by atoms with van der Waals surface area (Å²) in [6.07, 6.45) is -8.82. The SMILES string of the molecule is CCSc1cc2c(nc1C(=O)Nc1cc(C(F)(F)F)cnc1NC)nc(C(F)(F)F)n2C. The van der Waals surface area contributed by atoms with Crippen LogP contribution in [-0.2, 0) is 19.4 Å². The van der Waals surface area contributed by atoms with E-state index in [1.54, 1.807) is 6.92 Å². The van der Waals surface area contributed by atoms with Crippen molar-refractivity contribution in [2.75, 3.05) is 23.4 Å². The van der Waals surface area contributed by atoms with E-state index in [4.69, 9.17) is 0 Å². The summed E-state index contributed by atoms with van der Waals surface area (Å²) in [7, 11) is 2.58. The number of fused-ring (bicyclic) bond motifs is 1. The number of nitrogens with zero attached hydrogens (tertiary/aromatic N) is 4. The summed E-state index contributed by atoms with van der Waals surface area (Å²) in [5, 5.41) is 4.88. The Morgan fingerprint density at radius 1 is 1.12 bits per heavy atom. The van der Waals surface area contributed by atoms with Crippen molar-refractivity contribution in [2.24, 2.45) is 7.05 Å². The molecular weight excluding hydrogens is 462 g/mol. The van der Waals surface area contributed by atoms with Crippen LogP contribution in [-0.4, -0.2) is 38.2 Å². The van der Waals surface area contributed by atoms with Crippen molar-refractivity contribution in [3.8, 4) is 0 Å². The van der Waals surface area contributed by atoms with Crippen LogP contribution in [0.2, 0.25) is 0 Å². The molecule has 0 atom stereocenters. The Balaban J connectivity index is 2.09. The second kappa shape index (κ2) is 8.48. The van der Waals surface area contributed by atoms with Gasteiger partial charge in [0.2, 0.25) is 5.82 Å². The van der Waals surface area contributed by atoms with E-state index in [0.717, 1.165) is 16.3 Å². The highest BCUT2D eigenvalue weighted by Crippen LogP contribution is 2.34. The van der Waals surface area contributed by atoms with Gasteiger partial charge >= 0.3 is 12.4 Å². The Labute approximate surface area is 181 Å². The molecule has 0 spiro atoms. The van der Waals surface area contributed by atoms with E-state index >= 15 is 0 Å². The van der Waals surface area contributed by atoms with Crippen LogP contribution >= 0.6 is 11.8 Å². The summed E-state index contributed by atoms with van der Waals surface area (Å²) in [6.45, 7) is 1.76. The molecule has 0 unspecified atom stereocenters. The third kappa shape index (κ3) is 4.59. The summed E-state index contributed by atoms with van der Waals surface area (Å²) < 4.78 is 79.6. The minimum absolute atomic E-state index is 0.0330. The number of rotatable bonds is 5. The molecule has 0 fully saturated rings. The second-order valence-corrected chi connectivity index (χ2v) is 7.73. The predicted molar refractivity (Wildman–Crippen MR) is 107 cm³/mol. The number of aryl methyl sites for hydroxylation is 1. The predicted octanol–water partition coefficient (Wildman–Crippen LogP) is 4.81. The van der Waals surface area contributed by atoms with Gasteiger partial charge in [0.15, 0.2) is 5.65 Å². The smallest absolute Gasteiger partial charge is 0.371 e. The first-order chi connectivity index (χ1) is 14.9. The van der Waals surface area contributed by atoms with Crippen molar-refractivity contribution in [1.29, 1.82) is 0 Å². The number of hydrogen-bond donors (Lipinski definition) is 2. The largest absolute Gasteiger partial charge is 0.449 e. The Bertz CT molecular complexity index is 1170. The van der Waals surface area contributed by atoms with Gasteiger partial charge in [-0.05, 0) is 17.9 Å². The van der Waals surface area contributed by atoms with E-state index in [1.807, 2.05) is 0 Å². The normalized spacial score (nSPS) is 12.3. The van der Waals surface area contributed by atoms with Gasteiger partial charge in [-0.15, -0.1) is 11.8 Å². The number of halogens is 6. The van der Waals surface area contributed by atoms with Crippen molar-refractivity contribution in [1.82, 2.24) is 19.5 Å². The maximum atomic E-state index is 13.2. The molecule has 0 radical (unpaired) electrons. The van der Waals surface area contributed by atoms with Crippen molar-refractivity contribution in [3.63, 3.8) is 0 Å². The van der Waals surface area contributed by atoms with Gasteiger partial charge in [0, 0.05) is 25.2 Å². The van der Waals surface area contributed by atoms with E-state index in [1.165, 1.54) is 20.2 Å². The molecule has 7 nitrogen and oxygen atoms in total. The van der Waals surface area contributed by atoms with Crippen LogP contribution in [0.1, 0.15) is 28.8 Å². The monoisotopic (exact) mass is 478 g/mol. The Morgan fingerprint density at radius 2 is 1.81 bits per heavy atom. The third-order valence-electron chi connectivity index (χ3n) is 4.31. The molecule has 0 saturated heterocycles. The fraction of sp³-hybridized carbons (Fsp3) is 0.333. The van der Waals surface area contributed by atoms with E-state index in [-0.39, 0.29) is 33.3 Å². The first kappa shape index (κ1) is 23.6. The molecule has 32 heavy (non-hydrogen) atoms. The van der Waals surface area contributed by atoms with E-state index in [9.17, 15) is 31.1 Å². The molecule has 0 bridgehead atoms. The number of pyridine rings is 2. The average molecular weight is 478 g/mol. The lowest BCUT2D eigenvalue weighted by Gasteiger charge is -2.14. The van der Waals surface area contributed by atoms with Gasteiger partial charge in [-0.1, -0.05) is 6.92 Å². The van der Waals surface area contributed by atoms with Crippen LogP contribution in [0.3, 0.4) is 0 Å². The Kier molecular flexibility index (Phi) is 6.26. The number of nitrogens with one attached hydrogen (secondary N) is 2. The molecule has 1 amide bonds. The van der Waals surface area contributed by atoms with Gasteiger partial charge in [-0.3, -0.25) is 4.79 Å². The number of anilines is 2. The average Bonchev–Trinajstić information content (AvgIpc) is 3.03. The summed E-state index contributed by atoms with van der Waals surface area (Å²) in [5.41, 5.74) is -1.88. The first-order valence-corrected chi connectivity index (χ1v) is 9.99. The van der Waals surface area contributed by atoms with Gasteiger partial charge in [0.25, 0.3) is 5.91 Å². The molecular formula is C18H16F6N6OS. The van der Waals surface area contributed by atoms with Crippen LogP contribution in [0.15, 0.2) is 23.2 Å². The first-order valence-electron chi connectivity index (χ1n) is 9.00. The minimum Gasteiger partial charge on any atom is -0.371 e. The number of amides is 1. The lowest BCUT2D eigenvalue weighted by atomic mass is 10.2. The summed E-state index contributed by atoms with van der Waals surface area (Å²) in [5.74, 6) is -1.68. The third-order valence-corrected chi connectivity index (χ3v) is 5.22. The molecule has 0 aromatic carbocycles. The van der Waals surface area contributed by atoms with Gasteiger partial charge in [0.05, 0.1) is 16.8 Å². The quantitative estimate of drug-likeness (QED) is 0.405. The summed E-state index contributed by atoms with van der Waals surface area (Å²) in [6, 6.07) is 2.04.